The molecule has 322 valence electrons. The Hall–Kier alpha value is -3.32. The summed E-state index contributed by atoms with van der Waals surface area (Å²) < 4.78 is 52.1. The van der Waals surface area contributed by atoms with Crippen LogP contribution in [0, 0.1) is 17.1 Å². The summed E-state index contributed by atoms with van der Waals surface area (Å²) in [5, 5.41) is 35.6. The van der Waals surface area contributed by atoms with Crippen LogP contribution in [0.1, 0.15) is 139 Å². The molecule has 0 spiro atoms. The monoisotopic (exact) mass is 830 g/mol. The van der Waals surface area contributed by atoms with Gasteiger partial charge in [-0.05, 0) is 30.7 Å². The van der Waals surface area contributed by atoms with E-state index >= 15 is 0 Å². The van der Waals surface area contributed by atoms with Crippen LogP contribution >= 0.6 is 7.82 Å². The lowest BCUT2D eigenvalue weighted by Crippen LogP contribution is -2.43. The summed E-state index contributed by atoms with van der Waals surface area (Å²) in [7, 11) is -3.30. The minimum Gasteiger partial charge on any atom is -0.387 e. The lowest BCUT2D eigenvalue weighted by atomic mass is 9.92. The molecule has 0 bridgehead atoms. The van der Waals surface area contributed by atoms with Crippen molar-refractivity contribution in [2.75, 3.05) is 26.0 Å². The molecule has 1 aromatic carbocycles. The highest BCUT2D eigenvalue weighted by atomic mass is 31.2. The van der Waals surface area contributed by atoms with Crippen molar-refractivity contribution in [1.29, 1.82) is 5.26 Å². The molecule has 0 aliphatic carbocycles. The first-order chi connectivity index (χ1) is 28.0. The van der Waals surface area contributed by atoms with Gasteiger partial charge in [0, 0.05) is 18.8 Å². The molecule has 1 fully saturated rings. The van der Waals surface area contributed by atoms with Crippen molar-refractivity contribution in [1.82, 2.24) is 14.6 Å². The van der Waals surface area contributed by atoms with E-state index in [1.807, 2.05) is 6.07 Å². The molecule has 14 nitrogen and oxygen atoms in total. The van der Waals surface area contributed by atoms with Crippen molar-refractivity contribution >= 4 is 25.4 Å². The second-order valence-corrected chi connectivity index (χ2v) is 16.7. The summed E-state index contributed by atoms with van der Waals surface area (Å²) in [5.41, 5.74) is 5.44. The number of aliphatic imine (C=N–C) groups is 1. The molecular weight excluding hydrogens is 766 g/mol. The molecule has 1 aliphatic rings. The van der Waals surface area contributed by atoms with Gasteiger partial charge in [0.15, 0.2) is 11.4 Å². The first-order valence-electron chi connectivity index (χ1n) is 21.0. The molecular formula is C42H64FN6O8P. The van der Waals surface area contributed by atoms with E-state index in [9.17, 15) is 24.1 Å². The van der Waals surface area contributed by atoms with E-state index in [4.69, 9.17) is 29.5 Å². The van der Waals surface area contributed by atoms with Gasteiger partial charge in [0.25, 0.3) is 0 Å². The van der Waals surface area contributed by atoms with Crippen LogP contribution in [0.2, 0.25) is 0 Å². The van der Waals surface area contributed by atoms with E-state index < -0.39 is 50.3 Å². The van der Waals surface area contributed by atoms with Crippen LogP contribution in [-0.2, 0) is 35.3 Å². The van der Waals surface area contributed by atoms with Crippen molar-refractivity contribution in [3.63, 3.8) is 0 Å². The van der Waals surface area contributed by atoms with Gasteiger partial charge in [-0.3, -0.25) is 14.0 Å². The second kappa shape index (κ2) is 24.7. The first kappa shape index (κ1) is 47.4. The standard InChI is InChI=1S/C42H64FN6O8P/c1-3-4-5-6-7-8-9-10-11-12-13-14-15-16-17-18-19-20-34(28-54-27-33-22-21-32(26-44)25-35(33)43)57-58(52,53)55-29-37-39(50)40(51)42(56-37,30-46-2)38-24-23-36-41(45)47-31-48-49(36)38/h21-25,30-31,34,37,39-40,50-51H,3-20,27-29H2,1-2H3,(H,52,53)(H2,45,47,48)/t34-,37-,39-,40-,42+/m1/s1. The van der Waals surface area contributed by atoms with Gasteiger partial charge < -0.3 is 30.3 Å². The van der Waals surface area contributed by atoms with Crippen molar-refractivity contribution in [3.05, 3.63) is 59.3 Å². The van der Waals surface area contributed by atoms with Crippen LogP contribution in [0.5, 0.6) is 0 Å². The summed E-state index contributed by atoms with van der Waals surface area (Å²) in [6.07, 6.45) is 18.5. The number of aromatic nitrogens is 3. The molecule has 6 atom stereocenters. The van der Waals surface area contributed by atoms with Gasteiger partial charge in [0.2, 0.25) is 0 Å². The number of nitrogens with zero attached hydrogens (tertiary/aromatic N) is 5. The Bertz CT molecular complexity index is 1790. The number of nitriles is 1. The van der Waals surface area contributed by atoms with E-state index in [1.165, 1.54) is 120 Å². The van der Waals surface area contributed by atoms with Gasteiger partial charge in [-0.15, -0.1) is 0 Å². The van der Waals surface area contributed by atoms with Crippen LogP contribution in [0.3, 0.4) is 0 Å². The predicted molar refractivity (Wildman–Crippen MR) is 221 cm³/mol. The number of rotatable bonds is 29. The summed E-state index contributed by atoms with van der Waals surface area (Å²) in [6, 6.07) is 9.21. The Balaban J connectivity index is 1.25. The Kier molecular flexibility index (Phi) is 20.2. The number of phosphoric acid groups is 1. The number of hydrogen-bond acceptors (Lipinski definition) is 12. The minimum absolute atomic E-state index is 0.129. The minimum atomic E-state index is -4.77. The van der Waals surface area contributed by atoms with E-state index in [2.05, 4.69) is 22.0 Å². The second-order valence-electron chi connectivity index (χ2n) is 15.3. The third-order valence-corrected chi connectivity index (χ3v) is 11.8. The highest BCUT2D eigenvalue weighted by molar-refractivity contribution is 7.47. The predicted octanol–water partition coefficient (Wildman–Crippen LogP) is 8.10. The molecule has 5 N–H and O–H groups in total. The molecule has 1 saturated heterocycles. The van der Waals surface area contributed by atoms with Crippen molar-refractivity contribution < 1.29 is 42.6 Å². The van der Waals surface area contributed by atoms with E-state index in [-0.39, 0.29) is 30.2 Å². The fourth-order valence-corrected chi connectivity index (χ4v) is 8.43. The molecule has 1 aliphatic heterocycles. The zero-order valence-electron chi connectivity index (χ0n) is 34.2. The van der Waals surface area contributed by atoms with E-state index in [0.717, 1.165) is 25.3 Å². The molecule has 0 saturated carbocycles. The maximum Gasteiger partial charge on any atom is 0.472 e. The van der Waals surface area contributed by atoms with Gasteiger partial charge in [-0.1, -0.05) is 122 Å². The number of anilines is 1. The number of benzene rings is 1. The molecule has 2 aromatic heterocycles. The smallest absolute Gasteiger partial charge is 0.387 e. The number of phosphoric ester groups is 1. The first-order valence-corrected chi connectivity index (χ1v) is 22.5. The number of nitrogen functional groups attached to an aromatic ring is 1. The molecule has 1 unspecified atom stereocenters. The molecule has 16 heteroatoms. The average molecular weight is 831 g/mol. The third-order valence-electron chi connectivity index (χ3n) is 10.8. The van der Waals surface area contributed by atoms with Crippen LogP contribution in [0.4, 0.5) is 10.2 Å². The van der Waals surface area contributed by atoms with Crippen LogP contribution < -0.4 is 5.73 Å². The fraction of sp³-hybridized carbons (Fsp3) is 0.667. The summed E-state index contributed by atoms with van der Waals surface area (Å²) in [5.74, 6) is -0.405. The van der Waals surface area contributed by atoms with Crippen LogP contribution in [-0.4, -0.2) is 80.6 Å². The number of ether oxygens (including phenoxy) is 2. The van der Waals surface area contributed by atoms with Crippen molar-refractivity contribution in [3.8, 4) is 6.07 Å². The number of aliphatic hydroxyl groups is 2. The zero-order chi connectivity index (χ0) is 41.8. The highest BCUT2D eigenvalue weighted by Crippen LogP contribution is 2.47. The van der Waals surface area contributed by atoms with Gasteiger partial charge in [-0.25, -0.2) is 18.5 Å². The van der Waals surface area contributed by atoms with Gasteiger partial charge >= 0.3 is 7.82 Å². The highest BCUT2D eigenvalue weighted by Gasteiger charge is 2.56. The van der Waals surface area contributed by atoms with Gasteiger partial charge in [0.1, 0.15) is 36.0 Å². The molecule has 58 heavy (non-hydrogen) atoms. The molecule has 0 amide bonds. The lowest BCUT2D eigenvalue weighted by molar-refractivity contribution is -0.0568. The number of aliphatic hydroxyl groups excluding tert-OH is 2. The number of unbranched alkanes of at least 4 members (excludes halogenated alkanes) is 16. The Morgan fingerprint density at radius 3 is 2.22 bits per heavy atom. The van der Waals surface area contributed by atoms with Gasteiger partial charge in [-0.2, -0.15) is 10.4 Å². The largest absolute Gasteiger partial charge is 0.472 e. The summed E-state index contributed by atoms with van der Waals surface area (Å²) >= 11 is 0. The van der Waals surface area contributed by atoms with E-state index in [1.54, 1.807) is 12.1 Å². The fourth-order valence-electron chi connectivity index (χ4n) is 7.49. The van der Waals surface area contributed by atoms with Crippen LogP contribution in [0.15, 0.2) is 41.7 Å². The number of hydrogen-bond donors (Lipinski definition) is 4. The van der Waals surface area contributed by atoms with Crippen molar-refractivity contribution in [2.24, 2.45) is 4.99 Å². The molecule has 4 rings (SSSR count). The maximum absolute atomic E-state index is 14.5. The lowest BCUT2D eigenvalue weighted by Gasteiger charge is -2.28. The Morgan fingerprint density at radius 2 is 1.64 bits per heavy atom. The SMILES string of the molecule is CCCCCCCCCCCCCCCCCCC[C@H](COCc1ccc(C#N)cc1F)OP(=O)(O)OC[C@H]1O[C@@](C=NC)(c2ccc3c(N)ncnn23)[C@H](O)[C@@H]1O. The Morgan fingerprint density at radius 1 is 1.02 bits per heavy atom. The van der Waals surface area contributed by atoms with Crippen molar-refractivity contribution in [2.45, 2.75) is 159 Å². The summed E-state index contributed by atoms with van der Waals surface area (Å²) in [6.45, 7) is 1.37. The quantitative estimate of drug-likeness (QED) is 0.0297. The van der Waals surface area contributed by atoms with Gasteiger partial charge in [0.05, 0.1) is 43.3 Å². The normalized spacial score (nSPS) is 21.2. The average Bonchev–Trinajstić information content (AvgIpc) is 3.75. The molecule has 0 radical (unpaired) electrons. The van der Waals surface area contributed by atoms with E-state index in [0.29, 0.717) is 24.1 Å². The zero-order valence-corrected chi connectivity index (χ0v) is 35.1. The maximum atomic E-state index is 14.5. The Labute approximate surface area is 342 Å². The van der Waals surface area contributed by atoms with Crippen LogP contribution in [0.25, 0.3) is 5.52 Å². The number of halogens is 1. The third kappa shape index (κ3) is 14.2. The molecule has 3 aromatic rings. The topological polar surface area (TPSA) is 207 Å². The molecule has 3 heterocycles. The summed E-state index contributed by atoms with van der Waals surface area (Å²) in [4.78, 5) is 18.9. The number of nitrogens with two attached hydrogens (primary N) is 1. The number of fused-ring (bicyclic) bond motifs is 1.